The number of benzene rings is 1. The summed E-state index contributed by atoms with van der Waals surface area (Å²) in [5.41, 5.74) is 1.74. The maximum absolute atomic E-state index is 11.9. The van der Waals surface area contributed by atoms with Gasteiger partial charge in [-0.1, -0.05) is 26.0 Å². The molecule has 1 aromatic rings. The van der Waals surface area contributed by atoms with Crippen LogP contribution < -0.4 is 5.32 Å². The molecule has 0 aliphatic rings. The Labute approximate surface area is 121 Å². The Balaban J connectivity index is 2.55. The number of nitrogens with one attached hydrogen (secondary N) is 1. The quantitative estimate of drug-likeness (QED) is 0.865. The summed E-state index contributed by atoms with van der Waals surface area (Å²) in [7, 11) is 3.47. The van der Waals surface area contributed by atoms with Crippen LogP contribution in [0.3, 0.4) is 0 Å². The summed E-state index contributed by atoms with van der Waals surface area (Å²) in [6.45, 7) is 4.52. The molecule has 2 amide bonds. The van der Waals surface area contributed by atoms with Crippen molar-refractivity contribution in [2.24, 2.45) is 5.92 Å². The van der Waals surface area contributed by atoms with Gasteiger partial charge in [0.05, 0.1) is 0 Å². The van der Waals surface area contributed by atoms with Crippen LogP contribution in [0.5, 0.6) is 0 Å². The highest BCUT2D eigenvalue weighted by molar-refractivity contribution is 5.94. The van der Waals surface area contributed by atoms with Crippen LogP contribution in [0.15, 0.2) is 24.3 Å². The lowest BCUT2D eigenvalue weighted by Gasteiger charge is -2.12. The van der Waals surface area contributed by atoms with Crippen molar-refractivity contribution in [3.05, 3.63) is 35.4 Å². The van der Waals surface area contributed by atoms with Crippen molar-refractivity contribution in [1.29, 1.82) is 0 Å². The first-order chi connectivity index (χ1) is 9.45. The molecule has 0 radical (unpaired) electrons. The lowest BCUT2D eigenvalue weighted by atomic mass is 10.1. The summed E-state index contributed by atoms with van der Waals surface area (Å²) in [4.78, 5) is 25.1. The van der Waals surface area contributed by atoms with E-state index in [2.05, 4.69) is 5.32 Å². The molecule has 4 nitrogen and oxygen atoms in total. The molecule has 0 bridgehead atoms. The molecule has 0 saturated carbocycles. The molecular formula is C16H24N2O2. The molecule has 1 rings (SSSR count). The minimum atomic E-state index is -0.00418. The Morgan fingerprint density at radius 1 is 1.30 bits per heavy atom. The van der Waals surface area contributed by atoms with Crippen molar-refractivity contribution in [3.8, 4) is 0 Å². The molecule has 1 atom stereocenters. The van der Waals surface area contributed by atoms with Crippen LogP contribution in [0, 0.1) is 5.92 Å². The van der Waals surface area contributed by atoms with Crippen LogP contribution in [0.25, 0.3) is 0 Å². The van der Waals surface area contributed by atoms with Gasteiger partial charge in [-0.05, 0) is 30.5 Å². The predicted octanol–water partition coefficient (Wildman–Crippen LogP) is 2.09. The molecule has 0 unspecified atom stereocenters. The van der Waals surface area contributed by atoms with E-state index >= 15 is 0 Å². The highest BCUT2D eigenvalue weighted by Gasteiger charge is 2.10. The molecule has 0 spiro atoms. The maximum Gasteiger partial charge on any atom is 0.253 e. The van der Waals surface area contributed by atoms with Crippen molar-refractivity contribution < 1.29 is 9.59 Å². The molecule has 0 saturated heterocycles. The molecule has 0 heterocycles. The maximum atomic E-state index is 11.9. The van der Waals surface area contributed by atoms with E-state index in [1.165, 1.54) is 0 Å². The van der Waals surface area contributed by atoms with E-state index in [0.717, 1.165) is 18.4 Å². The fraction of sp³-hybridized carbons (Fsp3) is 0.500. The van der Waals surface area contributed by atoms with E-state index in [-0.39, 0.29) is 17.7 Å². The molecule has 110 valence electrons. The first-order valence-corrected chi connectivity index (χ1v) is 7.04. The molecule has 0 aliphatic heterocycles. The molecule has 0 aromatic heterocycles. The largest absolute Gasteiger partial charge is 0.356 e. The summed E-state index contributed by atoms with van der Waals surface area (Å²) >= 11 is 0. The standard InChI is InChI=1S/C16H24N2O2/c1-5-12(2)15(19)17-10-9-13-7-6-8-14(11-13)16(20)18(3)4/h6-8,11-12H,5,9-10H2,1-4H3,(H,17,19)/t12-/m0/s1. The lowest BCUT2D eigenvalue weighted by Crippen LogP contribution is -2.30. The Kier molecular flexibility index (Phi) is 6.22. The van der Waals surface area contributed by atoms with E-state index in [9.17, 15) is 9.59 Å². The Morgan fingerprint density at radius 2 is 2.00 bits per heavy atom. The fourth-order valence-electron chi connectivity index (χ4n) is 1.81. The average Bonchev–Trinajstić information content (AvgIpc) is 2.45. The fourth-order valence-corrected chi connectivity index (χ4v) is 1.81. The third-order valence-electron chi connectivity index (χ3n) is 3.35. The summed E-state index contributed by atoms with van der Waals surface area (Å²) in [6.07, 6.45) is 1.58. The van der Waals surface area contributed by atoms with Crippen molar-refractivity contribution in [3.63, 3.8) is 0 Å². The van der Waals surface area contributed by atoms with Crippen molar-refractivity contribution in [1.82, 2.24) is 10.2 Å². The number of amides is 2. The minimum absolute atomic E-state index is 0.00418. The minimum Gasteiger partial charge on any atom is -0.356 e. The second-order valence-corrected chi connectivity index (χ2v) is 5.25. The zero-order valence-electron chi connectivity index (χ0n) is 12.8. The summed E-state index contributed by atoms with van der Waals surface area (Å²) < 4.78 is 0. The van der Waals surface area contributed by atoms with Gasteiger partial charge in [-0.3, -0.25) is 9.59 Å². The monoisotopic (exact) mass is 276 g/mol. The number of rotatable bonds is 6. The van der Waals surface area contributed by atoms with Gasteiger partial charge in [0.15, 0.2) is 0 Å². The Bertz CT molecular complexity index is 469. The molecule has 0 aliphatic carbocycles. The van der Waals surface area contributed by atoms with E-state index < -0.39 is 0 Å². The number of carbonyl (C=O) groups is 2. The summed E-state index contributed by atoms with van der Waals surface area (Å²) in [6, 6.07) is 7.55. The Hall–Kier alpha value is -1.84. The first-order valence-electron chi connectivity index (χ1n) is 7.04. The zero-order valence-corrected chi connectivity index (χ0v) is 12.8. The summed E-state index contributed by atoms with van der Waals surface area (Å²) in [5, 5.41) is 2.92. The van der Waals surface area contributed by atoms with Gasteiger partial charge in [0.25, 0.3) is 5.91 Å². The van der Waals surface area contributed by atoms with Gasteiger partial charge in [0.2, 0.25) is 5.91 Å². The molecule has 20 heavy (non-hydrogen) atoms. The van der Waals surface area contributed by atoms with Gasteiger partial charge in [-0.15, -0.1) is 0 Å². The van der Waals surface area contributed by atoms with Crippen molar-refractivity contribution in [2.45, 2.75) is 26.7 Å². The van der Waals surface area contributed by atoms with Crippen LogP contribution >= 0.6 is 0 Å². The summed E-state index contributed by atoms with van der Waals surface area (Å²) in [5.74, 6) is 0.139. The Morgan fingerprint density at radius 3 is 2.60 bits per heavy atom. The zero-order chi connectivity index (χ0) is 15.1. The van der Waals surface area contributed by atoms with Gasteiger partial charge < -0.3 is 10.2 Å². The van der Waals surface area contributed by atoms with Crippen molar-refractivity contribution >= 4 is 11.8 Å². The highest BCUT2D eigenvalue weighted by atomic mass is 16.2. The predicted molar refractivity (Wildman–Crippen MR) is 80.6 cm³/mol. The van der Waals surface area contributed by atoms with Crippen LogP contribution in [-0.4, -0.2) is 37.4 Å². The van der Waals surface area contributed by atoms with Gasteiger partial charge in [0.1, 0.15) is 0 Å². The molecule has 0 fully saturated rings. The van der Waals surface area contributed by atoms with Crippen LogP contribution in [0.2, 0.25) is 0 Å². The number of hydrogen-bond donors (Lipinski definition) is 1. The molecule has 1 aromatic carbocycles. The third-order valence-corrected chi connectivity index (χ3v) is 3.35. The van der Waals surface area contributed by atoms with Gasteiger partial charge in [-0.25, -0.2) is 0 Å². The topological polar surface area (TPSA) is 49.4 Å². The number of hydrogen-bond acceptors (Lipinski definition) is 2. The second-order valence-electron chi connectivity index (χ2n) is 5.25. The normalized spacial score (nSPS) is 11.8. The van der Waals surface area contributed by atoms with Crippen molar-refractivity contribution in [2.75, 3.05) is 20.6 Å². The SMILES string of the molecule is CC[C@H](C)C(=O)NCCc1cccc(C(=O)N(C)C)c1. The second kappa shape index (κ2) is 7.68. The van der Waals surface area contributed by atoms with E-state index in [0.29, 0.717) is 12.1 Å². The molecular weight excluding hydrogens is 252 g/mol. The average molecular weight is 276 g/mol. The third kappa shape index (κ3) is 4.68. The molecule has 1 N–H and O–H groups in total. The van der Waals surface area contributed by atoms with E-state index in [1.807, 2.05) is 38.1 Å². The number of nitrogens with zero attached hydrogens (tertiary/aromatic N) is 1. The van der Waals surface area contributed by atoms with Gasteiger partial charge >= 0.3 is 0 Å². The highest BCUT2D eigenvalue weighted by Crippen LogP contribution is 2.08. The van der Waals surface area contributed by atoms with Gasteiger partial charge in [-0.2, -0.15) is 0 Å². The number of carbonyl (C=O) groups excluding carboxylic acids is 2. The smallest absolute Gasteiger partial charge is 0.253 e. The first kappa shape index (κ1) is 16.2. The van der Waals surface area contributed by atoms with Gasteiger partial charge in [0, 0.05) is 32.1 Å². The van der Waals surface area contributed by atoms with Crippen LogP contribution in [0.4, 0.5) is 0 Å². The van der Waals surface area contributed by atoms with E-state index in [1.54, 1.807) is 19.0 Å². The lowest BCUT2D eigenvalue weighted by molar-refractivity contribution is -0.124. The van der Waals surface area contributed by atoms with Crippen LogP contribution in [0.1, 0.15) is 36.2 Å². The van der Waals surface area contributed by atoms with Crippen LogP contribution in [-0.2, 0) is 11.2 Å². The molecule has 4 heteroatoms. The van der Waals surface area contributed by atoms with E-state index in [4.69, 9.17) is 0 Å².